The van der Waals surface area contributed by atoms with Gasteiger partial charge in [-0.05, 0) is 43.7 Å². The lowest BCUT2D eigenvalue weighted by Crippen LogP contribution is -2.42. The molecule has 24 heavy (non-hydrogen) atoms. The lowest BCUT2D eigenvalue weighted by Gasteiger charge is -2.17. The quantitative estimate of drug-likeness (QED) is 0.600. The third-order valence-electron chi connectivity index (χ3n) is 3.65. The Kier molecular flexibility index (Phi) is 6.78. The topological polar surface area (TPSA) is 49.6 Å². The zero-order chi connectivity index (χ0) is 17.4. The van der Waals surface area contributed by atoms with E-state index in [2.05, 4.69) is 22.5 Å². The molecule has 4 nitrogen and oxygen atoms in total. The van der Waals surface area contributed by atoms with Gasteiger partial charge in [0, 0.05) is 24.6 Å². The molecule has 6 heteroatoms. The molecule has 1 unspecified atom stereocenters. The minimum Gasteiger partial charge on any atom is -0.469 e. The molecule has 2 aromatic rings. The first-order valence-corrected chi connectivity index (χ1v) is 8.09. The molecule has 1 atom stereocenters. The van der Waals surface area contributed by atoms with Gasteiger partial charge in [-0.15, -0.1) is 0 Å². The summed E-state index contributed by atoms with van der Waals surface area (Å²) in [5, 5.41) is 6.43. The van der Waals surface area contributed by atoms with Crippen LogP contribution in [-0.4, -0.2) is 18.5 Å². The van der Waals surface area contributed by atoms with Crippen molar-refractivity contribution < 1.29 is 13.2 Å². The second kappa shape index (κ2) is 9.05. The molecule has 0 spiro atoms. The monoisotopic (exact) mass is 335 g/mol. The summed E-state index contributed by atoms with van der Waals surface area (Å²) in [7, 11) is 0. The maximum absolute atomic E-state index is 13.7. The van der Waals surface area contributed by atoms with Gasteiger partial charge in [0.1, 0.15) is 17.4 Å². The van der Waals surface area contributed by atoms with Gasteiger partial charge in [-0.25, -0.2) is 13.8 Å². The molecule has 2 N–H and O–H groups in total. The highest BCUT2D eigenvalue weighted by Crippen LogP contribution is 2.10. The number of guanidine groups is 1. The van der Waals surface area contributed by atoms with E-state index < -0.39 is 11.6 Å². The fourth-order valence-corrected chi connectivity index (χ4v) is 2.08. The highest BCUT2D eigenvalue weighted by atomic mass is 19.1. The molecule has 1 aromatic heterocycles. The lowest BCUT2D eigenvalue weighted by atomic mass is 10.2. The van der Waals surface area contributed by atoms with Crippen molar-refractivity contribution in [1.29, 1.82) is 0 Å². The number of hydrogen-bond donors (Lipinski definition) is 2. The van der Waals surface area contributed by atoms with Crippen LogP contribution in [-0.2, 0) is 13.0 Å². The number of halogens is 2. The molecular weight excluding hydrogens is 312 g/mol. The summed E-state index contributed by atoms with van der Waals surface area (Å²) in [4.78, 5) is 4.36. The minimum atomic E-state index is -0.469. The first-order valence-electron chi connectivity index (χ1n) is 8.09. The van der Waals surface area contributed by atoms with Crippen LogP contribution in [0.5, 0.6) is 0 Å². The Hall–Kier alpha value is -2.37. The fraction of sp³-hybridized carbons (Fsp3) is 0.389. The Morgan fingerprint density at radius 3 is 2.83 bits per heavy atom. The average molecular weight is 335 g/mol. The molecule has 0 aliphatic heterocycles. The lowest BCUT2D eigenvalue weighted by molar-refractivity contribution is 0.506. The minimum absolute atomic E-state index is 0.0656. The van der Waals surface area contributed by atoms with Crippen molar-refractivity contribution in [2.75, 3.05) is 6.54 Å². The molecule has 1 aromatic carbocycles. The molecule has 0 aliphatic carbocycles. The van der Waals surface area contributed by atoms with Gasteiger partial charge in [-0.3, -0.25) is 0 Å². The predicted octanol–water partition coefficient (Wildman–Crippen LogP) is 3.63. The summed E-state index contributed by atoms with van der Waals surface area (Å²) in [6.45, 7) is 4.79. The number of furan rings is 1. The Labute approximate surface area is 141 Å². The summed E-state index contributed by atoms with van der Waals surface area (Å²) in [6.07, 6.45) is 3.27. The average Bonchev–Trinajstić information content (AvgIpc) is 3.08. The van der Waals surface area contributed by atoms with E-state index in [1.165, 1.54) is 6.07 Å². The maximum atomic E-state index is 13.7. The zero-order valence-corrected chi connectivity index (χ0v) is 14.0. The molecule has 0 saturated heterocycles. The Morgan fingerprint density at radius 1 is 1.29 bits per heavy atom. The first-order chi connectivity index (χ1) is 11.6. The van der Waals surface area contributed by atoms with Crippen molar-refractivity contribution in [1.82, 2.24) is 10.6 Å². The van der Waals surface area contributed by atoms with E-state index in [1.54, 1.807) is 6.26 Å². The van der Waals surface area contributed by atoms with E-state index in [0.717, 1.165) is 24.3 Å². The predicted molar refractivity (Wildman–Crippen MR) is 90.8 cm³/mol. The molecule has 0 amide bonds. The van der Waals surface area contributed by atoms with Gasteiger partial charge in [-0.1, -0.05) is 6.92 Å². The standard InChI is InChI=1S/C18H23F2N3O/c1-3-13(2)23-18(21-9-8-16-5-4-10-24-16)22-12-14-11-15(19)6-7-17(14)20/h4-7,10-11,13H,3,8-9,12H2,1-2H3,(H2,21,22,23). The zero-order valence-electron chi connectivity index (χ0n) is 14.0. The van der Waals surface area contributed by atoms with Crippen LogP contribution in [0.4, 0.5) is 8.78 Å². The van der Waals surface area contributed by atoms with E-state index in [4.69, 9.17) is 4.42 Å². The summed E-state index contributed by atoms with van der Waals surface area (Å²) in [5.41, 5.74) is 0.228. The maximum Gasteiger partial charge on any atom is 0.191 e. The summed E-state index contributed by atoms with van der Waals surface area (Å²) in [5.74, 6) is 0.517. The largest absolute Gasteiger partial charge is 0.469 e. The van der Waals surface area contributed by atoms with Crippen LogP contribution >= 0.6 is 0 Å². The van der Waals surface area contributed by atoms with Crippen molar-refractivity contribution in [2.45, 2.75) is 39.3 Å². The number of nitrogens with one attached hydrogen (secondary N) is 2. The van der Waals surface area contributed by atoms with E-state index in [1.807, 2.05) is 19.1 Å². The molecular formula is C18H23F2N3O. The number of aliphatic imine (C=N–C) groups is 1. The van der Waals surface area contributed by atoms with Gasteiger partial charge in [-0.2, -0.15) is 0 Å². The third kappa shape index (κ3) is 5.68. The van der Waals surface area contributed by atoms with Crippen LogP contribution in [0.1, 0.15) is 31.6 Å². The van der Waals surface area contributed by atoms with Crippen LogP contribution in [0.15, 0.2) is 46.0 Å². The van der Waals surface area contributed by atoms with Crippen LogP contribution in [0.25, 0.3) is 0 Å². The van der Waals surface area contributed by atoms with Crippen molar-refractivity contribution in [2.24, 2.45) is 4.99 Å². The molecule has 0 bridgehead atoms. The molecule has 0 aliphatic rings. The van der Waals surface area contributed by atoms with Gasteiger partial charge in [0.15, 0.2) is 5.96 Å². The van der Waals surface area contributed by atoms with Crippen LogP contribution < -0.4 is 10.6 Å². The first kappa shape index (κ1) is 18.0. The van der Waals surface area contributed by atoms with E-state index in [9.17, 15) is 8.78 Å². The Morgan fingerprint density at radius 2 is 2.12 bits per heavy atom. The van der Waals surface area contributed by atoms with Gasteiger partial charge >= 0.3 is 0 Å². The van der Waals surface area contributed by atoms with Crippen LogP contribution in [0.2, 0.25) is 0 Å². The number of hydrogen-bond acceptors (Lipinski definition) is 2. The summed E-state index contributed by atoms with van der Waals surface area (Å²) >= 11 is 0. The van der Waals surface area contributed by atoms with Crippen molar-refractivity contribution in [3.05, 3.63) is 59.6 Å². The SMILES string of the molecule is CCC(C)NC(=NCc1cc(F)ccc1F)NCCc1ccco1. The normalized spacial score (nSPS) is 12.9. The molecule has 130 valence electrons. The molecule has 1 heterocycles. The fourth-order valence-electron chi connectivity index (χ4n) is 2.08. The van der Waals surface area contributed by atoms with Gasteiger partial charge in [0.05, 0.1) is 12.8 Å². The van der Waals surface area contributed by atoms with E-state index in [-0.39, 0.29) is 18.2 Å². The Balaban J connectivity index is 1.99. The molecule has 0 saturated carbocycles. The third-order valence-corrected chi connectivity index (χ3v) is 3.65. The van der Waals surface area contributed by atoms with Gasteiger partial charge in [0.2, 0.25) is 0 Å². The second-order valence-electron chi connectivity index (χ2n) is 5.61. The van der Waals surface area contributed by atoms with Crippen LogP contribution in [0, 0.1) is 11.6 Å². The van der Waals surface area contributed by atoms with Crippen molar-refractivity contribution in [3.8, 4) is 0 Å². The van der Waals surface area contributed by atoms with Crippen LogP contribution in [0.3, 0.4) is 0 Å². The number of nitrogens with zero attached hydrogens (tertiary/aromatic N) is 1. The van der Waals surface area contributed by atoms with Crippen molar-refractivity contribution >= 4 is 5.96 Å². The van der Waals surface area contributed by atoms with E-state index >= 15 is 0 Å². The smallest absolute Gasteiger partial charge is 0.191 e. The highest BCUT2D eigenvalue weighted by molar-refractivity contribution is 5.80. The number of rotatable bonds is 7. The van der Waals surface area contributed by atoms with E-state index in [0.29, 0.717) is 18.9 Å². The molecule has 0 fully saturated rings. The van der Waals surface area contributed by atoms with Crippen molar-refractivity contribution in [3.63, 3.8) is 0 Å². The summed E-state index contributed by atoms with van der Waals surface area (Å²) in [6, 6.07) is 7.35. The van der Waals surface area contributed by atoms with Gasteiger partial charge < -0.3 is 15.1 Å². The molecule has 0 radical (unpaired) electrons. The Bertz CT molecular complexity index is 656. The second-order valence-corrected chi connectivity index (χ2v) is 5.61. The summed E-state index contributed by atoms with van der Waals surface area (Å²) < 4.78 is 32.2. The highest BCUT2D eigenvalue weighted by Gasteiger charge is 2.07. The van der Waals surface area contributed by atoms with Gasteiger partial charge in [0.25, 0.3) is 0 Å². The number of benzene rings is 1. The molecule has 2 rings (SSSR count).